The highest BCUT2D eigenvalue weighted by Gasteiger charge is 2.41. The van der Waals surface area contributed by atoms with Crippen LogP contribution in [0.3, 0.4) is 0 Å². The second kappa shape index (κ2) is 13.2. The number of carbonyl (C=O) groups is 2. The lowest BCUT2D eigenvalue weighted by molar-refractivity contribution is 0.0640. The van der Waals surface area contributed by atoms with Crippen LogP contribution in [0.15, 0.2) is 61.1 Å². The Morgan fingerprint density at radius 3 is 2.38 bits per heavy atom. The smallest absolute Gasteiger partial charge is 0.407 e. The largest absolute Gasteiger partial charge is 0.465 e. The SMILES string of the molecule is CC(C)N(C(=O)c1cc(F)ccc1Oc1cncnc1N(C)[C@H]1C[C@@H](N(Cc2ccccc2)C(=O)O)C[C@H]1O)C(C)C. The standard InChI is InChI=1S/C31H38FN5O5/c1-19(2)37(20(3)4)30(39)24-13-22(32)11-12-27(24)42-28-16-33-18-34-29(28)35(5)25-14-23(15-26(25)38)36(31(40)41)17-21-9-7-6-8-10-21/h6-13,16,18-20,23,25-26,38H,14-15,17H2,1-5H3,(H,40,41)/t23-,25+,26-/m1/s1. The Kier molecular flexibility index (Phi) is 9.62. The van der Waals surface area contributed by atoms with Crippen LogP contribution < -0.4 is 9.64 Å². The first-order valence-electron chi connectivity index (χ1n) is 14.0. The van der Waals surface area contributed by atoms with E-state index < -0.39 is 30.1 Å². The number of rotatable bonds is 10. The molecule has 10 nitrogen and oxygen atoms in total. The predicted molar refractivity (Wildman–Crippen MR) is 156 cm³/mol. The number of benzene rings is 2. The number of aliphatic hydroxyl groups excluding tert-OH is 1. The number of hydrogen-bond acceptors (Lipinski definition) is 7. The van der Waals surface area contributed by atoms with Gasteiger partial charge >= 0.3 is 6.09 Å². The van der Waals surface area contributed by atoms with Crippen molar-refractivity contribution in [3.05, 3.63) is 78.0 Å². The Balaban J connectivity index is 1.59. The molecule has 0 radical (unpaired) electrons. The van der Waals surface area contributed by atoms with Crippen LogP contribution in [-0.2, 0) is 6.54 Å². The zero-order valence-corrected chi connectivity index (χ0v) is 24.5. The van der Waals surface area contributed by atoms with Gasteiger partial charge in [0.25, 0.3) is 5.91 Å². The highest BCUT2D eigenvalue weighted by molar-refractivity contribution is 5.97. The number of nitrogens with zero attached hydrogens (tertiary/aromatic N) is 5. The molecular formula is C31H38FN5O5. The number of carbonyl (C=O) groups excluding carboxylic acids is 1. The Morgan fingerprint density at radius 2 is 1.74 bits per heavy atom. The highest BCUT2D eigenvalue weighted by Crippen LogP contribution is 2.37. The number of amides is 2. The molecule has 1 aliphatic carbocycles. The van der Waals surface area contributed by atoms with Crippen LogP contribution in [0.4, 0.5) is 15.0 Å². The number of aliphatic hydroxyl groups is 1. The van der Waals surface area contributed by atoms with Crippen LogP contribution in [0.1, 0.15) is 56.5 Å². The van der Waals surface area contributed by atoms with Gasteiger partial charge in [-0.05, 0) is 64.3 Å². The fourth-order valence-electron chi connectivity index (χ4n) is 5.66. The molecule has 3 aromatic rings. The quantitative estimate of drug-likeness (QED) is 0.338. The summed E-state index contributed by atoms with van der Waals surface area (Å²) in [5, 5.41) is 21.0. The summed E-state index contributed by atoms with van der Waals surface area (Å²) < 4.78 is 20.5. The van der Waals surface area contributed by atoms with Crippen molar-refractivity contribution in [2.45, 2.75) is 77.4 Å². The Bertz CT molecular complexity index is 1380. The van der Waals surface area contributed by atoms with Crippen molar-refractivity contribution >= 4 is 17.8 Å². The second-order valence-electron chi connectivity index (χ2n) is 11.1. The van der Waals surface area contributed by atoms with E-state index in [1.807, 2.05) is 58.0 Å². The topological polar surface area (TPSA) is 119 Å². The van der Waals surface area contributed by atoms with Gasteiger partial charge < -0.3 is 29.6 Å². The van der Waals surface area contributed by atoms with E-state index in [2.05, 4.69) is 9.97 Å². The van der Waals surface area contributed by atoms with E-state index in [1.165, 1.54) is 29.6 Å². The molecule has 2 N–H and O–H groups in total. The molecule has 1 saturated carbocycles. The van der Waals surface area contributed by atoms with Crippen molar-refractivity contribution in [3.63, 3.8) is 0 Å². The van der Waals surface area contributed by atoms with Crippen LogP contribution in [0, 0.1) is 5.82 Å². The molecular weight excluding hydrogens is 541 g/mol. The molecule has 0 bridgehead atoms. The van der Waals surface area contributed by atoms with Gasteiger partial charge in [0.2, 0.25) is 0 Å². The summed E-state index contributed by atoms with van der Waals surface area (Å²) in [5.74, 6) is -0.258. The van der Waals surface area contributed by atoms with Crippen LogP contribution in [0.5, 0.6) is 11.5 Å². The number of aromatic nitrogens is 2. The maximum absolute atomic E-state index is 14.3. The van der Waals surface area contributed by atoms with Crippen molar-refractivity contribution in [2.24, 2.45) is 0 Å². The molecule has 1 fully saturated rings. The van der Waals surface area contributed by atoms with Gasteiger partial charge in [0.15, 0.2) is 11.6 Å². The fraction of sp³-hybridized carbons (Fsp3) is 0.419. The van der Waals surface area contributed by atoms with Crippen LogP contribution in [0.2, 0.25) is 0 Å². The number of ether oxygens (including phenoxy) is 1. The van der Waals surface area contributed by atoms with Gasteiger partial charge in [0.1, 0.15) is 17.9 Å². The molecule has 11 heteroatoms. The third-order valence-corrected chi connectivity index (χ3v) is 7.58. The van der Waals surface area contributed by atoms with Gasteiger partial charge in [-0.25, -0.2) is 19.2 Å². The molecule has 2 aromatic carbocycles. The number of anilines is 1. The first kappa shape index (κ1) is 30.7. The highest BCUT2D eigenvalue weighted by atomic mass is 19.1. The third-order valence-electron chi connectivity index (χ3n) is 7.58. The van der Waals surface area contributed by atoms with E-state index in [0.717, 1.165) is 11.6 Å². The lowest BCUT2D eigenvalue weighted by Crippen LogP contribution is -2.42. The first-order valence-corrected chi connectivity index (χ1v) is 14.0. The van der Waals surface area contributed by atoms with Crippen molar-refractivity contribution in [3.8, 4) is 11.5 Å². The van der Waals surface area contributed by atoms with E-state index in [1.54, 1.807) is 16.8 Å². The van der Waals surface area contributed by atoms with Crippen molar-refractivity contribution in [1.29, 1.82) is 0 Å². The third kappa shape index (κ3) is 6.79. The summed E-state index contributed by atoms with van der Waals surface area (Å²) in [7, 11) is 1.74. The van der Waals surface area contributed by atoms with E-state index in [-0.39, 0.29) is 48.0 Å². The molecule has 42 heavy (non-hydrogen) atoms. The minimum absolute atomic E-state index is 0.0637. The van der Waals surface area contributed by atoms with Gasteiger partial charge in [0.05, 0.1) is 23.9 Å². The molecule has 0 saturated heterocycles. The Labute approximate surface area is 245 Å². The number of likely N-dealkylation sites (N-methyl/N-ethyl adjacent to an activating group) is 1. The molecule has 1 heterocycles. The van der Waals surface area contributed by atoms with Gasteiger partial charge in [-0.2, -0.15) is 0 Å². The normalized spacial score (nSPS) is 18.3. The first-order chi connectivity index (χ1) is 20.0. The summed E-state index contributed by atoms with van der Waals surface area (Å²) in [5.41, 5.74) is 0.921. The van der Waals surface area contributed by atoms with Crippen molar-refractivity contribution < 1.29 is 28.9 Å². The fourth-order valence-corrected chi connectivity index (χ4v) is 5.66. The van der Waals surface area contributed by atoms with Crippen molar-refractivity contribution in [1.82, 2.24) is 19.8 Å². The molecule has 0 aliphatic heterocycles. The molecule has 0 spiro atoms. The summed E-state index contributed by atoms with van der Waals surface area (Å²) in [6.45, 7) is 7.77. The van der Waals surface area contributed by atoms with Gasteiger partial charge in [-0.3, -0.25) is 4.79 Å². The summed E-state index contributed by atoms with van der Waals surface area (Å²) in [6.07, 6.45) is 1.50. The predicted octanol–water partition coefficient (Wildman–Crippen LogP) is 5.18. The van der Waals surface area contributed by atoms with Gasteiger partial charge in [-0.1, -0.05) is 30.3 Å². The lowest BCUT2D eigenvalue weighted by atomic mass is 10.1. The number of halogens is 1. The van der Waals surface area contributed by atoms with Gasteiger partial charge in [0, 0.05) is 31.7 Å². The minimum atomic E-state index is -1.06. The lowest BCUT2D eigenvalue weighted by Gasteiger charge is -2.32. The Morgan fingerprint density at radius 1 is 1.05 bits per heavy atom. The maximum atomic E-state index is 14.3. The van der Waals surface area contributed by atoms with Crippen LogP contribution in [-0.4, -0.2) is 79.3 Å². The average molecular weight is 580 g/mol. The van der Waals surface area contributed by atoms with E-state index in [4.69, 9.17) is 4.74 Å². The number of hydrogen-bond donors (Lipinski definition) is 2. The Hall–Kier alpha value is -4.25. The molecule has 224 valence electrons. The maximum Gasteiger partial charge on any atom is 0.407 e. The van der Waals surface area contributed by atoms with E-state index in [0.29, 0.717) is 12.2 Å². The summed E-state index contributed by atoms with van der Waals surface area (Å²) >= 11 is 0. The molecule has 2 amide bonds. The molecule has 1 aromatic heterocycles. The van der Waals surface area contributed by atoms with E-state index >= 15 is 0 Å². The average Bonchev–Trinajstić information content (AvgIpc) is 3.33. The zero-order chi connectivity index (χ0) is 30.6. The van der Waals surface area contributed by atoms with E-state index in [9.17, 15) is 24.2 Å². The number of carboxylic acid groups (broad SMARTS) is 1. The zero-order valence-electron chi connectivity index (χ0n) is 24.5. The van der Waals surface area contributed by atoms with Crippen LogP contribution in [0.25, 0.3) is 0 Å². The monoisotopic (exact) mass is 579 g/mol. The second-order valence-corrected chi connectivity index (χ2v) is 11.1. The molecule has 4 rings (SSSR count). The summed E-state index contributed by atoms with van der Waals surface area (Å²) in [4.78, 5) is 38.9. The molecule has 1 aliphatic rings. The van der Waals surface area contributed by atoms with Crippen molar-refractivity contribution in [2.75, 3.05) is 11.9 Å². The minimum Gasteiger partial charge on any atom is -0.465 e. The molecule has 0 unspecified atom stereocenters. The van der Waals surface area contributed by atoms with Crippen LogP contribution >= 0.6 is 0 Å². The summed E-state index contributed by atoms with van der Waals surface area (Å²) in [6, 6.07) is 11.9. The molecule has 3 atom stereocenters. The van der Waals surface area contributed by atoms with Gasteiger partial charge in [-0.15, -0.1) is 0 Å².